The zero-order valence-corrected chi connectivity index (χ0v) is 29.4. The molecule has 2 atom stereocenters. The van der Waals surface area contributed by atoms with Crippen molar-refractivity contribution >= 4 is 50.7 Å². The fourth-order valence-electron chi connectivity index (χ4n) is 4.80. The quantitative estimate of drug-likeness (QED) is 0.0919. The van der Waals surface area contributed by atoms with Crippen LogP contribution in [0.4, 0.5) is 21.0 Å². The standard InChI is InChI=1S/C30H49FN10O6S/c1-30(2,3)47-29(43)34-14-11-9-7-8-10-13-33-16-21(25(32)46-5)37-26-24-27(40(4)19-35-24)39-28(38-26)41-17-20(31)22(18-41)36-23(42)12-15-48(6,44)45/h16,19-20,22,32-33H,7-15,17-18H2,1-6H3,(H,34,43)(H,36,42)(H,37,38,39)/b21-16+,32-25?/t20-,22-/m1/s1. The van der Waals surface area contributed by atoms with Crippen molar-refractivity contribution in [2.24, 2.45) is 7.05 Å². The molecule has 2 aromatic rings. The van der Waals surface area contributed by atoms with Crippen LogP contribution in [0.5, 0.6) is 0 Å². The number of halogens is 1. The minimum Gasteiger partial charge on any atom is -0.480 e. The second-order valence-electron chi connectivity index (χ2n) is 12.7. The van der Waals surface area contributed by atoms with Gasteiger partial charge < -0.3 is 40.2 Å². The van der Waals surface area contributed by atoms with Gasteiger partial charge in [0.2, 0.25) is 17.8 Å². The minimum absolute atomic E-state index is 0.0764. The number of fused-ring (bicyclic) bond motifs is 1. The molecule has 1 saturated heterocycles. The van der Waals surface area contributed by atoms with Crippen molar-refractivity contribution in [2.75, 3.05) is 55.5 Å². The Morgan fingerprint density at radius 3 is 2.48 bits per heavy atom. The Balaban J connectivity index is 1.58. The maximum Gasteiger partial charge on any atom is 0.407 e. The fourth-order valence-corrected chi connectivity index (χ4v) is 5.36. The Labute approximate surface area is 281 Å². The highest BCUT2D eigenvalue weighted by atomic mass is 32.2. The molecule has 0 radical (unpaired) electrons. The Bertz CT molecular complexity index is 1560. The van der Waals surface area contributed by atoms with Crippen LogP contribution in [0, 0.1) is 5.41 Å². The summed E-state index contributed by atoms with van der Waals surface area (Å²) in [6, 6.07) is -0.866. The van der Waals surface area contributed by atoms with Gasteiger partial charge in [-0.1, -0.05) is 19.3 Å². The lowest BCUT2D eigenvalue weighted by atomic mass is 10.1. The lowest BCUT2D eigenvalue weighted by Gasteiger charge is -2.19. The van der Waals surface area contributed by atoms with Crippen molar-refractivity contribution in [3.8, 4) is 0 Å². The molecule has 2 amide bonds. The number of methoxy groups -OCH3 is 1. The molecule has 3 rings (SSSR count). The summed E-state index contributed by atoms with van der Waals surface area (Å²) in [5, 5.41) is 20.0. The van der Waals surface area contributed by atoms with E-state index in [-0.39, 0.29) is 42.9 Å². The largest absolute Gasteiger partial charge is 0.480 e. The molecule has 48 heavy (non-hydrogen) atoms. The number of alkyl carbamates (subject to hydrolysis) is 1. The van der Waals surface area contributed by atoms with Gasteiger partial charge in [0.1, 0.15) is 27.3 Å². The number of amides is 2. The van der Waals surface area contributed by atoms with Crippen LogP contribution in [0.15, 0.2) is 18.2 Å². The Morgan fingerprint density at radius 2 is 1.81 bits per heavy atom. The lowest BCUT2D eigenvalue weighted by Crippen LogP contribution is -2.42. The molecule has 0 spiro atoms. The van der Waals surface area contributed by atoms with Crippen LogP contribution < -0.4 is 26.2 Å². The smallest absolute Gasteiger partial charge is 0.407 e. The normalized spacial score (nSPS) is 16.9. The number of alkyl halides is 1. The summed E-state index contributed by atoms with van der Waals surface area (Å²) in [5.74, 6) is -0.540. The van der Waals surface area contributed by atoms with Crippen LogP contribution in [0.25, 0.3) is 11.2 Å². The number of carbonyl (C=O) groups is 2. The minimum atomic E-state index is -3.33. The van der Waals surface area contributed by atoms with Gasteiger partial charge in [-0.3, -0.25) is 10.2 Å². The van der Waals surface area contributed by atoms with Gasteiger partial charge in [-0.05, 0) is 33.6 Å². The summed E-state index contributed by atoms with van der Waals surface area (Å²) in [4.78, 5) is 39.2. The highest BCUT2D eigenvalue weighted by molar-refractivity contribution is 7.90. The third-order valence-corrected chi connectivity index (χ3v) is 8.19. The van der Waals surface area contributed by atoms with E-state index in [1.807, 2.05) is 20.8 Å². The van der Waals surface area contributed by atoms with Gasteiger partial charge in [-0.15, -0.1) is 0 Å². The summed E-state index contributed by atoms with van der Waals surface area (Å²) < 4.78 is 49.9. The number of aromatic nitrogens is 4. The number of hydrogen-bond donors (Lipinski definition) is 5. The molecule has 0 unspecified atom stereocenters. The first kappa shape index (κ1) is 38.2. The molecule has 268 valence electrons. The molecule has 0 bridgehead atoms. The van der Waals surface area contributed by atoms with E-state index in [0.29, 0.717) is 30.0 Å². The molecular formula is C30H49FN10O6S. The van der Waals surface area contributed by atoms with Gasteiger partial charge in [0, 0.05) is 45.6 Å². The fraction of sp³-hybridized carbons (Fsp3) is 0.667. The number of aryl methyl sites for hydroxylation is 1. The summed E-state index contributed by atoms with van der Waals surface area (Å²) in [6.07, 6.45) is 6.85. The molecule has 1 aliphatic rings. The maximum absolute atomic E-state index is 15.0. The number of nitrogens with zero attached hydrogens (tertiary/aromatic N) is 5. The summed E-state index contributed by atoms with van der Waals surface area (Å²) in [6.45, 7) is 6.68. The first-order valence-corrected chi connectivity index (χ1v) is 18.0. The maximum atomic E-state index is 15.0. The summed E-state index contributed by atoms with van der Waals surface area (Å²) >= 11 is 0. The Morgan fingerprint density at radius 1 is 1.12 bits per heavy atom. The molecule has 1 fully saturated rings. The number of nitrogens with one attached hydrogen (secondary N) is 5. The van der Waals surface area contributed by atoms with E-state index in [1.54, 1.807) is 29.0 Å². The van der Waals surface area contributed by atoms with Crippen LogP contribution in [0.1, 0.15) is 59.3 Å². The molecule has 0 saturated carbocycles. The van der Waals surface area contributed by atoms with E-state index in [2.05, 4.69) is 36.2 Å². The third kappa shape index (κ3) is 12.4. The molecule has 0 aromatic carbocycles. The average Bonchev–Trinajstić information content (AvgIpc) is 3.56. The SMILES string of the molecule is COC(=N)/C(=C\NCCCCCCCNC(=O)OC(C)(C)C)Nc1nc(N2C[C@@H](F)[C@H](NC(=O)CCS(C)(=O)=O)C2)nc2c1ncn2C. The number of anilines is 2. The number of rotatable bonds is 17. The number of sulfone groups is 1. The number of imidazole rings is 1. The van der Waals surface area contributed by atoms with Crippen LogP contribution in [0.2, 0.25) is 0 Å². The molecule has 2 aromatic heterocycles. The predicted octanol–water partition coefficient (Wildman–Crippen LogP) is 2.38. The summed E-state index contributed by atoms with van der Waals surface area (Å²) in [7, 11) is -0.189. The van der Waals surface area contributed by atoms with Crippen molar-refractivity contribution in [3.05, 3.63) is 18.2 Å². The molecular weight excluding hydrogens is 647 g/mol. The summed E-state index contributed by atoms with van der Waals surface area (Å²) in [5.41, 5.74) is 0.675. The zero-order valence-electron chi connectivity index (χ0n) is 28.6. The molecule has 0 aliphatic carbocycles. The van der Waals surface area contributed by atoms with Gasteiger partial charge in [0.15, 0.2) is 17.0 Å². The molecule has 3 heterocycles. The van der Waals surface area contributed by atoms with Gasteiger partial charge in [0.05, 0.1) is 31.8 Å². The third-order valence-electron chi connectivity index (χ3n) is 7.24. The second kappa shape index (κ2) is 17.3. The van der Waals surface area contributed by atoms with Crippen molar-refractivity contribution in [1.82, 2.24) is 35.5 Å². The zero-order chi connectivity index (χ0) is 35.5. The molecule has 1 aliphatic heterocycles. The molecule has 5 N–H and O–H groups in total. The highest BCUT2D eigenvalue weighted by Crippen LogP contribution is 2.26. The Hall–Kier alpha value is -4.22. The topological polar surface area (TPSA) is 206 Å². The Kier molecular flexibility index (Phi) is 13.7. The van der Waals surface area contributed by atoms with Gasteiger partial charge >= 0.3 is 6.09 Å². The van der Waals surface area contributed by atoms with Crippen molar-refractivity contribution < 1.29 is 31.9 Å². The number of ether oxygens (including phenoxy) is 2. The van der Waals surface area contributed by atoms with Crippen LogP contribution in [-0.4, -0.2) is 109 Å². The predicted molar refractivity (Wildman–Crippen MR) is 181 cm³/mol. The van der Waals surface area contributed by atoms with Crippen molar-refractivity contribution in [3.63, 3.8) is 0 Å². The van der Waals surface area contributed by atoms with Crippen molar-refractivity contribution in [1.29, 1.82) is 5.41 Å². The first-order valence-electron chi connectivity index (χ1n) is 15.9. The van der Waals surface area contributed by atoms with Gasteiger partial charge in [-0.25, -0.2) is 22.6 Å². The van der Waals surface area contributed by atoms with E-state index in [9.17, 15) is 22.4 Å². The van der Waals surface area contributed by atoms with E-state index in [0.717, 1.165) is 38.4 Å². The van der Waals surface area contributed by atoms with Crippen molar-refractivity contribution in [2.45, 2.75) is 77.1 Å². The number of hydrogen-bond acceptors (Lipinski definition) is 13. The van der Waals surface area contributed by atoms with E-state index in [1.165, 1.54) is 7.11 Å². The number of carbonyl (C=O) groups excluding carboxylic acids is 2. The van der Waals surface area contributed by atoms with Gasteiger partial charge in [0.25, 0.3) is 0 Å². The van der Waals surface area contributed by atoms with E-state index in [4.69, 9.17) is 14.9 Å². The second-order valence-corrected chi connectivity index (χ2v) is 15.0. The van der Waals surface area contributed by atoms with Crippen LogP contribution in [0.3, 0.4) is 0 Å². The first-order chi connectivity index (χ1) is 22.6. The molecule has 18 heteroatoms. The van der Waals surface area contributed by atoms with Crippen LogP contribution in [-0.2, 0) is 31.2 Å². The monoisotopic (exact) mass is 696 g/mol. The van der Waals surface area contributed by atoms with Crippen LogP contribution >= 0.6 is 0 Å². The van der Waals surface area contributed by atoms with Gasteiger partial charge in [-0.2, -0.15) is 9.97 Å². The molecule has 16 nitrogen and oxygen atoms in total. The lowest BCUT2D eigenvalue weighted by molar-refractivity contribution is -0.121. The highest BCUT2D eigenvalue weighted by Gasteiger charge is 2.36. The number of unbranched alkanes of at least 4 members (excludes halogenated alkanes) is 4. The van der Waals surface area contributed by atoms with E-state index < -0.39 is 39.7 Å². The van der Waals surface area contributed by atoms with E-state index >= 15 is 0 Å². The average molecular weight is 697 g/mol.